The lowest BCUT2D eigenvalue weighted by Gasteiger charge is -2.15. The van der Waals surface area contributed by atoms with E-state index in [1.54, 1.807) is 0 Å². The molecule has 0 aromatic carbocycles. The van der Waals surface area contributed by atoms with E-state index in [0.717, 1.165) is 32.5 Å². The largest absolute Gasteiger partial charge is 0.355 e. The monoisotopic (exact) mass is 212 g/mol. The first-order chi connectivity index (χ1) is 7.25. The van der Waals surface area contributed by atoms with E-state index >= 15 is 0 Å². The van der Waals surface area contributed by atoms with Gasteiger partial charge >= 0.3 is 0 Å². The maximum absolute atomic E-state index is 11.7. The topological polar surface area (TPSA) is 41.1 Å². The highest BCUT2D eigenvalue weighted by atomic mass is 16.1. The van der Waals surface area contributed by atoms with Crippen LogP contribution in [0.3, 0.4) is 0 Å². The minimum absolute atomic E-state index is 0.262. The number of nitrogens with one attached hydrogen (secondary N) is 2. The van der Waals surface area contributed by atoms with E-state index < -0.39 is 0 Å². The Kier molecular flexibility index (Phi) is 5.69. The molecule has 1 amide bonds. The minimum atomic E-state index is 0.262. The Bertz CT molecular complexity index is 194. The summed E-state index contributed by atoms with van der Waals surface area (Å²) in [6, 6.07) is 0. The van der Waals surface area contributed by atoms with Gasteiger partial charge in [-0.15, -0.1) is 0 Å². The summed E-state index contributed by atoms with van der Waals surface area (Å²) in [4.78, 5) is 11.7. The van der Waals surface area contributed by atoms with Crippen LogP contribution in [0.1, 0.15) is 39.5 Å². The molecule has 1 saturated carbocycles. The van der Waals surface area contributed by atoms with Gasteiger partial charge in [-0.05, 0) is 31.7 Å². The van der Waals surface area contributed by atoms with Crippen molar-refractivity contribution in [3.05, 3.63) is 0 Å². The summed E-state index contributed by atoms with van der Waals surface area (Å²) in [7, 11) is 0. The van der Waals surface area contributed by atoms with Crippen molar-refractivity contribution in [1.29, 1.82) is 0 Å². The molecule has 1 rings (SSSR count). The first-order valence-corrected chi connectivity index (χ1v) is 6.24. The molecule has 0 spiro atoms. The smallest absolute Gasteiger partial charge is 0.223 e. The van der Waals surface area contributed by atoms with E-state index in [1.807, 2.05) is 0 Å². The predicted molar refractivity (Wildman–Crippen MR) is 62.7 cm³/mol. The molecule has 0 saturated heterocycles. The van der Waals surface area contributed by atoms with E-state index in [9.17, 15) is 4.79 Å². The first kappa shape index (κ1) is 12.5. The van der Waals surface area contributed by atoms with Crippen LogP contribution in [0.4, 0.5) is 0 Å². The summed E-state index contributed by atoms with van der Waals surface area (Å²) in [6.07, 6.45) is 4.66. The van der Waals surface area contributed by atoms with Crippen molar-refractivity contribution in [2.45, 2.75) is 39.5 Å². The Morgan fingerprint density at radius 3 is 2.67 bits per heavy atom. The molecule has 2 N–H and O–H groups in total. The fourth-order valence-corrected chi connectivity index (χ4v) is 2.24. The molecule has 1 aliphatic carbocycles. The summed E-state index contributed by atoms with van der Waals surface area (Å²) >= 11 is 0. The molecule has 0 radical (unpaired) electrons. The Balaban J connectivity index is 2.08. The molecule has 0 aliphatic heterocycles. The van der Waals surface area contributed by atoms with Crippen molar-refractivity contribution in [3.63, 3.8) is 0 Å². The zero-order valence-corrected chi connectivity index (χ0v) is 10.0. The fraction of sp³-hybridized carbons (Fsp3) is 0.917. The lowest BCUT2D eigenvalue weighted by atomic mass is 9.97. The van der Waals surface area contributed by atoms with Crippen molar-refractivity contribution >= 4 is 5.91 Å². The van der Waals surface area contributed by atoms with Crippen LogP contribution in [-0.4, -0.2) is 25.5 Å². The van der Waals surface area contributed by atoms with Crippen molar-refractivity contribution in [3.8, 4) is 0 Å². The number of amides is 1. The minimum Gasteiger partial charge on any atom is -0.355 e. The molecule has 3 heteroatoms. The van der Waals surface area contributed by atoms with Gasteiger partial charge in [-0.1, -0.05) is 20.3 Å². The molecule has 1 aliphatic rings. The van der Waals surface area contributed by atoms with E-state index in [0.29, 0.717) is 5.92 Å². The quantitative estimate of drug-likeness (QED) is 0.656. The molecular weight excluding hydrogens is 188 g/mol. The Morgan fingerprint density at radius 1 is 1.27 bits per heavy atom. The first-order valence-electron chi connectivity index (χ1n) is 6.24. The lowest BCUT2D eigenvalue weighted by molar-refractivity contribution is -0.125. The van der Waals surface area contributed by atoms with E-state index in [1.165, 1.54) is 12.8 Å². The molecule has 2 atom stereocenters. The van der Waals surface area contributed by atoms with Crippen LogP contribution in [0.5, 0.6) is 0 Å². The van der Waals surface area contributed by atoms with Crippen LogP contribution in [0, 0.1) is 11.8 Å². The van der Waals surface area contributed by atoms with Crippen molar-refractivity contribution in [2.75, 3.05) is 19.6 Å². The normalized spacial score (nSPS) is 25.5. The highest BCUT2D eigenvalue weighted by molar-refractivity contribution is 5.79. The lowest BCUT2D eigenvalue weighted by Crippen LogP contribution is -2.36. The Labute approximate surface area is 93.0 Å². The molecule has 0 aromatic rings. The second kappa shape index (κ2) is 6.83. The average Bonchev–Trinajstić information content (AvgIpc) is 2.64. The molecule has 2 unspecified atom stereocenters. The number of hydrogen-bond donors (Lipinski definition) is 2. The van der Waals surface area contributed by atoms with Gasteiger partial charge in [-0.3, -0.25) is 4.79 Å². The molecule has 15 heavy (non-hydrogen) atoms. The molecule has 1 fully saturated rings. The van der Waals surface area contributed by atoms with Gasteiger partial charge in [0, 0.05) is 19.0 Å². The van der Waals surface area contributed by atoms with E-state index in [4.69, 9.17) is 0 Å². The van der Waals surface area contributed by atoms with Gasteiger partial charge in [0.15, 0.2) is 0 Å². The zero-order chi connectivity index (χ0) is 11.1. The van der Waals surface area contributed by atoms with Crippen LogP contribution < -0.4 is 10.6 Å². The Hall–Kier alpha value is -0.570. The van der Waals surface area contributed by atoms with Crippen molar-refractivity contribution in [2.24, 2.45) is 11.8 Å². The van der Waals surface area contributed by atoms with Crippen molar-refractivity contribution < 1.29 is 4.79 Å². The van der Waals surface area contributed by atoms with Crippen molar-refractivity contribution in [1.82, 2.24) is 10.6 Å². The summed E-state index contributed by atoms with van der Waals surface area (Å²) in [5, 5.41) is 6.29. The van der Waals surface area contributed by atoms with Gasteiger partial charge in [0.1, 0.15) is 0 Å². The molecule has 0 aromatic heterocycles. The number of hydrogen-bond acceptors (Lipinski definition) is 2. The average molecular weight is 212 g/mol. The van der Waals surface area contributed by atoms with Gasteiger partial charge in [0.25, 0.3) is 0 Å². The molecule has 88 valence electrons. The third-order valence-electron chi connectivity index (χ3n) is 3.23. The summed E-state index contributed by atoms with van der Waals surface area (Å²) in [5.74, 6) is 1.11. The van der Waals surface area contributed by atoms with Crippen LogP contribution in [0.15, 0.2) is 0 Å². The highest BCUT2D eigenvalue weighted by Gasteiger charge is 2.29. The molecular formula is C12H24N2O. The summed E-state index contributed by atoms with van der Waals surface area (Å²) in [5.41, 5.74) is 0. The second-order valence-corrected chi connectivity index (χ2v) is 4.56. The van der Waals surface area contributed by atoms with E-state index in [2.05, 4.69) is 24.5 Å². The third kappa shape index (κ3) is 4.20. The number of carbonyl (C=O) groups is 1. The van der Waals surface area contributed by atoms with Gasteiger partial charge in [0.2, 0.25) is 5.91 Å². The van der Waals surface area contributed by atoms with E-state index in [-0.39, 0.29) is 11.8 Å². The fourth-order valence-electron chi connectivity index (χ4n) is 2.24. The van der Waals surface area contributed by atoms with Gasteiger partial charge in [-0.25, -0.2) is 0 Å². The van der Waals surface area contributed by atoms with Crippen LogP contribution in [0.2, 0.25) is 0 Å². The number of rotatable bonds is 6. The van der Waals surface area contributed by atoms with Crippen LogP contribution in [0.25, 0.3) is 0 Å². The Morgan fingerprint density at radius 2 is 2.07 bits per heavy atom. The van der Waals surface area contributed by atoms with Gasteiger partial charge in [0.05, 0.1) is 0 Å². The predicted octanol–water partition coefficient (Wildman–Crippen LogP) is 1.54. The third-order valence-corrected chi connectivity index (χ3v) is 3.23. The van der Waals surface area contributed by atoms with Crippen LogP contribution in [-0.2, 0) is 4.79 Å². The molecule has 0 bridgehead atoms. The SMILES string of the molecule is CCCNCCNC(=O)C1CCCC1C. The zero-order valence-electron chi connectivity index (χ0n) is 10.0. The number of carbonyl (C=O) groups excluding carboxylic acids is 1. The maximum atomic E-state index is 11.7. The van der Waals surface area contributed by atoms with Gasteiger partial charge < -0.3 is 10.6 Å². The maximum Gasteiger partial charge on any atom is 0.223 e. The standard InChI is InChI=1S/C12H24N2O/c1-3-7-13-8-9-14-12(15)11-6-4-5-10(11)2/h10-11,13H,3-9H2,1-2H3,(H,14,15). The van der Waals surface area contributed by atoms with Crippen LogP contribution >= 0.6 is 0 Å². The molecule has 0 heterocycles. The second-order valence-electron chi connectivity index (χ2n) is 4.56. The summed E-state index contributed by atoms with van der Waals surface area (Å²) in [6.45, 7) is 7.02. The summed E-state index contributed by atoms with van der Waals surface area (Å²) < 4.78 is 0. The highest BCUT2D eigenvalue weighted by Crippen LogP contribution is 2.30. The van der Waals surface area contributed by atoms with Gasteiger partial charge in [-0.2, -0.15) is 0 Å². The molecule has 3 nitrogen and oxygen atoms in total.